The molecule has 11 nitrogen and oxygen atoms in total. The number of amides is 2. The first-order valence-corrected chi connectivity index (χ1v) is 24.0. The summed E-state index contributed by atoms with van der Waals surface area (Å²) in [6, 6.07) is 12.3. The third kappa shape index (κ3) is 8.85. The van der Waals surface area contributed by atoms with Crippen LogP contribution in [0.3, 0.4) is 0 Å². The fraction of sp³-hybridized carbons (Fsp3) is 0.500. The Hall–Kier alpha value is -4.33. The number of sulfonamides is 1. The number of halogens is 1. The molecule has 4 aliphatic rings. The molecule has 0 bridgehead atoms. The summed E-state index contributed by atoms with van der Waals surface area (Å²) in [6.07, 6.45) is 9.48. The molecule has 3 fully saturated rings. The molecule has 5 atom stereocenters. The number of allylic oxidation sites excluding steroid dienone is 2. The largest absolute Gasteiger partial charge is 0.496 e. The van der Waals surface area contributed by atoms with Crippen molar-refractivity contribution in [1.29, 1.82) is 0 Å². The summed E-state index contributed by atoms with van der Waals surface area (Å²) in [5, 5.41) is 3.59. The van der Waals surface area contributed by atoms with E-state index < -0.39 is 44.7 Å². The molecule has 2 aliphatic carbocycles. The number of thiazole rings is 1. The number of Topliss-reactive ketones (excluding diaryl/α,β-unsaturated/α-hetero) is 1. The fourth-order valence-corrected chi connectivity index (χ4v) is 11.3. The molecule has 2 saturated carbocycles. The first-order valence-electron chi connectivity index (χ1n) is 21.2. The van der Waals surface area contributed by atoms with E-state index in [1.807, 2.05) is 60.8 Å². The molecule has 4 heterocycles. The Kier molecular flexibility index (Phi) is 12.1. The number of carbonyl (C=O) groups is 3. The highest BCUT2D eigenvalue weighted by molar-refractivity contribution is 7.90. The van der Waals surface area contributed by atoms with E-state index in [2.05, 4.69) is 24.6 Å². The molecule has 4 aromatic rings. The maximum absolute atomic E-state index is 15.0. The highest BCUT2D eigenvalue weighted by Crippen LogP contribution is 2.57. The van der Waals surface area contributed by atoms with Crippen LogP contribution in [-0.2, 0) is 30.8 Å². The number of rotatable bonds is 10. The van der Waals surface area contributed by atoms with Crippen LogP contribution in [0, 0.1) is 24.2 Å². The molecule has 318 valence electrons. The molecule has 14 heteroatoms. The van der Waals surface area contributed by atoms with E-state index in [4.69, 9.17) is 31.0 Å². The smallest absolute Gasteiger partial charge is 0.240 e. The van der Waals surface area contributed by atoms with Gasteiger partial charge in [0.05, 0.1) is 41.6 Å². The van der Waals surface area contributed by atoms with E-state index in [1.165, 1.54) is 11.3 Å². The number of nitrogens with zero attached hydrogens (tertiary/aromatic N) is 3. The summed E-state index contributed by atoms with van der Waals surface area (Å²) in [5.74, 6) is -0.226. The Bertz CT molecular complexity index is 2430. The summed E-state index contributed by atoms with van der Waals surface area (Å²) < 4.78 is 40.9. The van der Waals surface area contributed by atoms with Crippen molar-refractivity contribution in [3.8, 4) is 22.2 Å². The number of methoxy groups -OCH3 is 1. The van der Waals surface area contributed by atoms with Gasteiger partial charge < -0.3 is 14.4 Å². The Labute approximate surface area is 361 Å². The number of hydrogen-bond acceptors (Lipinski definition) is 10. The number of nitrogens with one attached hydrogen (secondary N) is 1. The minimum Gasteiger partial charge on any atom is -0.496 e. The summed E-state index contributed by atoms with van der Waals surface area (Å²) in [7, 11) is -2.21. The molecule has 0 radical (unpaired) electrons. The topological polar surface area (TPSA) is 145 Å². The number of aryl methyl sites for hydroxylation is 1. The second-order valence-corrected chi connectivity index (χ2v) is 20.6. The number of aromatic nitrogens is 2. The molecular weight excluding hydrogens is 820 g/mol. The molecule has 2 aromatic heterocycles. The maximum atomic E-state index is 15.0. The zero-order valence-corrected chi connectivity index (χ0v) is 37.0. The Morgan fingerprint density at radius 3 is 2.55 bits per heavy atom. The highest BCUT2D eigenvalue weighted by Gasteiger charge is 2.61. The van der Waals surface area contributed by atoms with Crippen molar-refractivity contribution in [3.63, 3.8) is 0 Å². The van der Waals surface area contributed by atoms with E-state index in [0.29, 0.717) is 59.8 Å². The van der Waals surface area contributed by atoms with Crippen LogP contribution >= 0.6 is 22.9 Å². The maximum Gasteiger partial charge on any atom is 0.240 e. The van der Waals surface area contributed by atoms with E-state index >= 15 is 0 Å². The van der Waals surface area contributed by atoms with Gasteiger partial charge >= 0.3 is 0 Å². The van der Waals surface area contributed by atoms with Crippen molar-refractivity contribution in [2.75, 3.05) is 13.7 Å². The van der Waals surface area contributed by atoms with E-state index in [9.17, 15) is 22.8 Å². The Balaban J connectivity index is 1.15. The number of benzene rings is 2. The number of ether oxygens (including phenoxy) is 2. The molecule has 60 heavy (non-hydrogen) atoms. The van der Waals surface area contributed by atoms with Gasteiger partial charge in [-0.1, -0.05) is 62.6 Å². The van der Waals surface area contributed by atoms with Gasteiger partial charge in [0, 0.05) is 46.2 Å². The zero-order chi connectivity index (χ0) is 42.3. The molecule has 2 aliphatic heterocycles. The van der Waals surface area contributed by atoms with Crippen molar-refractivity contribution < 1.29 is 32.3 Å². The second kappa shape index (κ2) is 17.2. The Morgan fingerprint density at radius 1 is 1.05 bits per heavy atom. The minimum atomic E-state index is -3.84. The van der Waals surface area contributed by atoms with Gasteiger partial charge in [0.2, 0.25) is 21.8 Å². The average molecular weight is 874 g/mol. The molecule has 0 unspecified atom stereocenters. The summed E-state index contributed by atoms with van der Waals surface area (Å²) >= 11 is 7.75. The van der Waals surface area contributed by atoms with Gasteiger partial charge in [-0.2, -0.15) is 0 Å². The van der Waals surface area contributed by atoms with Crippen LogP contribution in [0.2, 0.25) is 5.02 Å². The lowest BCUT2D eigenvalue weighted by Gasteiger charge is -2.29. The van der Waals surface area contributed by atoms with Crippen LogP contribution < -0.4 is 14.2 Å². The molecule has 2 aromatic carbocycles. The van der Waals surface area contributed by atoms with Crippen LogP contribution in [0.1, 0.15) is 101 Å². The van der Waals surface area contributed by atoms with Crippen LogP contribution in [0.25, 0.3) is 21.6 Å². The SMILES string of the molecule is COc1ccc2c(O[C@@H]3C[C@H]4C(=O)C[C@]5(C(=O)NS(=O)(=O)C6CC6)C[C@@H]5/C=C\CCCCC[C@H](Cc5ccc(Cl)cc5)C(=O)N4C3)cc(-c3nc(C(C)C)cs3)nc2c1C. The normalized spacial score (nSPS) is 25.6. The summed E-state index contributed by atoms with van der Waals surface area (Å²) in [4.78, 5) is 55.4. The van der Waals surface area contributed by atoms with Crippen LogP contribution in [0.4, 0.5) is 0 Å². The fourth-order valence-electron chi connectivity index (χ4n) is 8.88. The van der Waals surface area contributed by atoms with Crippen molar-refractivity contribution >= 4 is 61.5 Å². The lowest BCUT2D eigenvalue weighted by molar-refractivity contribution is -0.142. The van der Waals surface area contributed by atoms with Crippen molar-refractivity contribution in [3.05, 3.63) is 81.8 Å². The minimum absolute atomic E-state index is 0.130. The van der Waals surface area contributed by atoms with E-state index in [-0.39, 0.29) is 42.9 Å². The quantitative estimate of drug-likeness (QED) is 0.155. The first kappa shape index (κ1) is 42.4. The van der Waals surface area contributed by atoms with Gasteiger partial charge in [-0.25, -0.2) is 18.4 Å². The van der Waals surface area contributed by atoms with Gasteiger partial charge in [0.15, 0.2) is 5.78 Å². The first-order chi connectivity index (χ1) is 28.8. The number of fused-ring (bicyclic) bond motifs is 3. The molecule has 1 N–H and O–H groups in total. The van der Waals surface area contributed by atoms with Crippen LogP contribution in [0.5, 0.6) is 11.5 Å². The van der Waals surface area contributed by atoms with Crippen molar-refractivity contribution in [2.45, 2.75) is 115 Å². The number of hydrogen-bond donors (Lipinski definition) is 1. The summed E-state index contributed by atoms with van der Waals surface area (Å²) in [6.45, 7) is 6.31. The number of ketones is 1. The third-order valence-electron chi connectivity index (χ3n) is 12.7. The van der Waals surface area contributed by atoms with Gasteiger partial charge in [-0.3, -0.25) is 19.1 Å². The molecule has 8 rings (SSSR count). The van der Waals surface area contributed by atoms with E-state index in [1.54, 1.807) is 12.0 Å². The van der Waals surface area contributed by atoms with Gasteiger partial charge in [-0.05, 0) is 93.5 Å². The number of carbonyl (C=O) groups excluding carboxylic acids is 3. The molecular formula is C46H53ClN4O7S2. The monoisotopic (exact) mass is 872 g/mol. The summed E-state index contributed by atoms with van der Waals surface area (Å²) in [5.41, 5.74) is 2.94. The van der Waals surface area contributed by atoms with Gasteiger partial charge in [-0.15, -0.1) is 11.3 Å². The van der Waals surface area contributed by atoms with E-state index in [0.717, 1.165) is 52.9 Å². The van der Waals surface area contributed by atoms with Gasteiger partial charge in [0.25, 0.3) is 0 Å². The van der Waals surface area contributed by atoms with Crippen molar-refractivity contribution in [1.82, 2.24) is 19.6 Å². The van der Waals surface area contributed by atoms with Gasteiger partial charge in [0.1, 0.15) is 28.3 Å². The van der Waals surface area contributed by atoms with Crippen LogP contribution in [-0.4, -0.2) is 71.9 Å². The zero-order valence-electron chi connectivity index (χ0n) is 34.6. The lowest BCUT2D eigenvalue weighted by atomic mass is 9.90. The predicted molar refractivity (Wildman–Crippen MR) is 234 cm³/mol. The van der Waals surface area contributed by atoms with Crippen LogP contribution in [0.15, 0.2) is 60.0 Å². The number of pyridine rings is 1. The third-order valence-corrected chi connectivity index (χ3v) is 15.7. The average Bonchev–Trinajstić information content (AvgIpc) is 4.10. The molecule has 1 saturated heterocycles. The highest BCUT2D eigenvalue weighted by atomic mass is 35.5. The second-order valence-electron chi connectivity index (χ2n) is 17.4. The molecule has 0 spiro atoms. The predicted octanol–water partition coefficient (Wildman–Crippen LogP) is 8.75. The van der Waals surface area contributed by atoms with Crippen molar-refractivity contribution in [2.24, 2.45) is 17.3 Å². The lowest BCUT2D eigenvalue weighted by Crippen LogP contribution is -2.46. The molecule has 2 amide bonds. The Morgan fingerprint density at radius 2 is 1.83 bits per heavy atom. The standard InChI is InChI=1S/C46H53ClN4O7S2/c1-27(2)37-26-59-43(49-37)36-22-41(35-18-19-40(57-4)28(3)42(35)48-36)58-33-21-38-39(52)24-46(45(54)50-60(55,56)34-16-17-34)23-31(46)11-9-7-5-6-8-10-30(44(53)51(38)25-33)20-29-12-14-32(47)15-13-29/h9,11-15,18-19,22,26-27,30-31,33-34,38H,5-8,10,16-17,20-21,23-25H2,1-4H3,(H,50,54)/b11-9-/t30-,31+,33-,38+,46-/m1/s1.